The van der Waals surface area contributed by atoms with E-state index in [2.05, 4.69) is 62.2 Å². The summed E-state index contributed by atoms with van der Waals surface area (Å²) >= 11 is 5.51. The van der Waals surface area contributed by atoms with Crippen molar-refractivity contribution >= 4 is 23.0 Å². The third-order valence-corrected chi connectivity index (χ3v) is 4.18. The predicted octanol–water partition coefficient (Wildman–Crippen LogP) is 5.24. The summed E-state index contributed by atoms with van der Waals surface area (Å²) in [4.78, 5) is 0. The number of hydrogen-bond acceptors (Lipinski definition) is 2. The summed E-state index contributed by atoms with van der Waals surface area (Å²) in [5.74, 6) is 1.22. The lowest BCUT2D eigenvalue weighted by atomic mass is 9.93. The molecule has 1 atom stereocenters. The van der Waals surface area contributed by atoms with E-state index in [9.17, 15) is 0 Å². The van der Waals surface area contributed by atoms with Crippen LogP contribution in [0.5, 0.6) is 5.75 Å². The van der Waals surface area contributed by atoms with E-state index >= 15 is 0 Å². The minimum absolute atomic E-state index is 0.163. The van der Waals surface area contributed by atoms with Gasteiger partial charge in [-0.1, -0.05) is 50.8 Å². The van der Waals surface area contributed by atoms with Gasteiger partial charge in [0.2, 0.25) is 0 Å². The molecule has 2 N–H and O–H groups in total. The molecule has 0 aliphatic heterocycles. The van der Waals surface area contributed by atoms with Crippen molar-refractivity contribution in [3.05, 3.63) is 72.3 Å². The molecule has 0 saturated heterocycles. The van der Waals surface area contributed by atoms with Crippen LogP contribution in [0.15, 0.2) is 61.2 Å². The molecular weight excluding hydrogens is 328 g/mol. The number of rotatable bonds is 7. The Balaban J connectivity index is 2.02. The van der Waals surface area contributed by atoms with Crippen LogP contribution < -0.4 is 15.4 Å². The summed E-state index contributed by atoms with van der Waals surface area (Å²) in [7, 11) is 0. The van der Waals surface area contributed by atoms with E-state index in [4.69, 9.17) is 17.0 Å². The van der Waals surface area contributed by atoms with Gasteiger partial charge in [0, 0.05) is 5.69 Å². The molecule has 0 unspecified atom stereocenters. The molecule has 0 aromatic heterocycles. The topological polar surface area (TPSA) is 33.3 Å². The third kappa shape index (κ3) is 5.61. The number of anilines is 1. The van der Waals surface area contributed by atoms with Crippen molar-refractivity contribution in [1.29, 1.82) is 0 Å². The fourth-order valence-electron chi connectivity index (χ4n) is 2.64. The van der Waals surface area contributed by atoms with Crippen molar-refractivity contribution in [2.24, 2.45) is 5.92 Å². The first kappa shape index (κ1) is 19.0. The molecular formula is C21H26N2OS. The summed E-state index contributed by atoms with van der Waals surface area (Å²) < 4.78 is 5.49. The van der Waals surface area contributed by atoms with Crippen molar-refractivity contribution in [2.45, 2.75) is 26.8 Å². The Morgan fingerprint density at radius 1 is 1.16 bits per heavy atom. The van der Waals surface area contributed by atoms with Gasteiger partial charge >= 0.3 is 0 Å². The molecule has 2 rings (SSSR count). The maximum atomic E-state index is 5.51. The summed E-state index contributed by atoms with van der Waals surface area (Å²) in [6, 6.07) is 16.3. The van der Waals surface area contributed by atoms with E-state index in [1.165, 1.54) is 11.1 Å². The van der Waals surface area contributed by atoms with Gasteiger partial charge in [0.1, 0.15) is 12.4 Å². The molecule has 25 heavy (non-hydrogen) atoms. The first-order valence-corrected chi connectivity index (χ1v) is 8.89. The van der Waals surface area contributed by atoms with Gasteiger partial charge < -0.3 is 15.4 Å². The van der Waals surface area contributed by atoms with E-state index in [1.807, 2.05) is 24.3 Å². The van der Waals surface area contributed by atoms with Crippen molar-refractivity contribution in [3.63, 3.8) is 0 Å². The average molecular weight is 355 g/mol. The van der Waals surface area contributed by atoms with Gasteiger partial charge in [0.05, 0.1) is 6.04 Å². The molecule has 0 heterocycles. The fraction of sp³-hybridized carbons (Fsp3) is 0.286. The summed E-state index contributed by atoms with van der Waals surface area (Å²) in [5, 5.41) is 7.30. The molecule has 0 aliphatic carbocycles. The Morgan fingerprint density at radius 2 is 1.84 bits per heavy atom. The third-order valence-electron chi connectivity index (χ3n) is 3.96. The van der Waals surface area contributed by atoms with Crippen molar-refractivity contribution in [3.8, 4) is 5.75 Å². The zero-order chi connectivity index (χ0) is 18.2. The second kappa shape index (κ2) is 9.23. The van der Waals surface area contributed by atoms with Crippen LogP contribution in [0.3, 0.4) is 0 Å². The number of thiocarbonyl (C=S) groups is 1. The lowest BCUT2D eigenvalue weighted by Gasteiger charge is -2.26. The van der Waals surface area contributed by atoms with Crippen LogP contribution in [0.25, 0.3) is 0 Å². The Morgan fingerprint density at radius 3 is 2.44 bits per heavy atom. The predicted molar refractivity (Wildman–Crippen MR) is 110 cm³/mol. The first-order valence-electron chi connectivity index (χ1n) is 8.48. The summed E-state index contributed by atoms with van der Waals surface area (Å²) in [6.45, 7) is 10.7. The lowest BCUT2D eigenvalue weighted by Crippen LogP contribution is -2.35. The number of aryl methyl sites for hydroxylation is 1. The Labute approximate surface area is 156 Å². The zero-order valence-corrected chi connectivity index (χ0v) is 15.9. The summed E-state index contributed by atoms with van der Waals surface area (Å²) in [6.07, 6.45) is 1.73. The Kier molecular flexibility index (Phi) is 7.02. The van der Waals surface area contributed by atoms with Gasteiger partial charge in [-0.3, -0.25) is 0 Å². The van der Waals surface area contributed by atoms with Gasteiger partial charge in [0.25, 0.3) is 0 Å². The standard InChI is InChI=1S/C21H26N2OS/c1-5-14-24-18-12-10-17(11-13-18)22-21(25)23-20(15(2)3)19-9-7-6-8-16(19)4/h5-13,15,20H,1,14H2,2-4H3,(H2,22,23,25)/t20-/m1/s1. The minimum Gasteiger partial charge on any atom is -0.490 e. The van der Waals surface area contributed by atoms with Gasteiger partial charge in [0.15, 0.2) is 5.11 Å². The van der Waals surface area contributed by atoms with Crippen LogP contribution in [0.1, 0.15) is 31.0 Å². The molecule has 2 aromatic carbocycles. The Bertz CT molecular complexity index is 710. The van der Waals surface area contributed by atoms with E-state index in [1.54, 1.807) is 6.08 Å². The average Bonchev–Trinajstić information content (AvgIpc) is 2.59. The molecule has 0 fully saturated rings. The minimum atomic E-state index is 0.163. The molecule has 0 spiro atoms. The van der Waals surface area contributed by atoms with Crippen LogP contribution in [0, 0.1) is 12.8 Å². The van der Waals surface area contributed by atoms with Crippen LogP contribution in [-0.4, -0.2) is 11.7 Å². The van der Waals surface area contributed by atoms with E-state index in [-0.39, 0.29) is 6.04 Å². The molecule has 4 heteroatoms. The van der Waals surface area contributed by atoms with Crippen LogP contribution in [0.4, 0.5) is 5.69 Å². The maximum Gasteiger partial charge on any atom is 0.171 e. The SMILES string of the molecule is C=CCOc1ccc(NC(=S)N[C@@H](c2ccccc2C)C(C)C)cc1. The first-order chi connectivity index (χ1) is 12.0. The van der Waals surface area contributed by atoms with Crippen molar-refractivity contribution in [1.82, 2.24) is 5.32 Å². The van der Waals surface area contributed by atoms with Gasteiger partial charge in [-0.05, 0) is 60.5 Å². The number of hydrogen-bond donors (Lipinski definition) is 2. The van der Waals surface area contributed by atoms with Gasteiger partial charge in [-0.2, -0.15) is 0 Å². The zero-order valence-electron chi connectivity index (χ0n) is 15.1. The highest BCUT2D eigenvalue weighted by Gasteiger charge is 2.18. The molecule has 0 amide bonds. The van der Waals surface area contributed by atoms with Gasteiger partial charge in [-0.15, -0.1) is 0 Å². The van der Waals surface area contributed by atoms with Crippen LogP contribution >= 0.6 is 12.2 Å². The van der Waals surface area contributed by atoms with Crippen LogP contribution in [-0.2, 0) is 0 Å². The molecule has 2 aromatic rings. The van der Waals surface area contributed by atoms with Crippen molar-refractivity contribution in [2.75, 3.05) is 11.9 Å². The second-order valence-corrected chi connectivity index (χ2v) is 6.71. The highest BCUT2D eigenvalue weighted by Crippen LogP contribution is 2.25. The van der Waals surface area contributed by atoms with Crippen LogP contribution in [0.2, 0.25) is 0 Å². The molecule has 0 aliphatic rings. The highest BCUT2D eigenvalue weighted by molar-refractivity contribution is 7.80. The number of ether oxygens (including phenoxy) is 1. The fourth-order valence-corrected chi connectivity index (χ4v) is 2.88. The quantitative estimate of drug-likeness (QED) is 0.526. The molecule has 132 valence electrons. The molecule has 0 saturated carbocycles. The highest BCUT2D eigenvalue weighted by atomic mass is 32.1. The Hall–Kier alpha value is -2.33. The largest absolute Gasteiger partial charge is 0.490 e. The number of benzene rings is 2. The molecule has 0 radical (unpaired) electrons. The maximum absolute atomic E-state index is 5.51. The van der Waals surface area contributed by atoms with E-state index in [0.29, 0.717) is 17.6 Å². The second-order valence-electron chi connectivity index (χ2n) is 6.30. The molecule has 3 nitrogen and oxygen atoms in total. The van der Waals surface area contributed by atoms with Crippen molar-refractivity contribution < 1.29 is 4.74 Å². The van der Waals surface area contributed by atoms with E-state index in [0.717, 1.165) is 11.4 Å². The van der Waals surface area contributed by atoms with E-state index < -0.39 is 0 Å². The monoisotopic (exact) mass is 354 g/mol. The summed E-state index contributed by atoms with van der Waals surface area (Å²) in [5.41, 5.74) is 3.46. The molecule has 0 bridgehead atoms. The number of nitrogens with one attached hydrogen (secondary N) is 2. The normalized spacial score (nSPS) is 11.7. The smallest absolute Gasteiger partial charge is 0.171 e. The lowest BCUT2D eigenvalue weighted by molar-refractivity contribution is 0.363. The van der Waals surface area contributed by atoms with Gasteiger partial charge in [-0.25, -0.2) is 0 Å².